The van der Waals surface area contributed by atoms with Gasteiger partial charge in [0, 0.05) is 21.3 Å². The molecule has 0 saturated carbocycles. The fourth-order valence-corrected chi connectivity index (χ4v) is 4.48. The quantitative estimate of drug-likeness (QED) is 0.350. The number of hydrogen-bond donors (Lipinski definition) is 1. The Bertz CT molecular complexity index is 1280. The summed E-state index contributed by atoms with van der Waals surface area (Å²) in [5.74, 6) is 1.45. The van der Waals surface area contributed by atoms with Crippen molar-refractivity contribution in [3.63, 3.8) is 0 Å². The molecule has 1 aliphatic heterocycles. The molecule has 0 fully saturated rings. The van der Waals surface area contributed by atoms with Gasteiger partial charge in [-0.05, 0) is 73.2 Å². The molecule has 0 spiro atoms. The van der Waals surface area contributed by atoms with Crippen LogP contribution >= 0.6 is 15.9 Å². The Labute approximate surface area is 200 Å². The standard InChI is InChI=1S/C26H22BrN3O3/c1-3-33-21-14-6-17(7-15-21)25-22-23(16-4-12-20(32-2)13-5-16)28-29-24(22)26(31)30(25)19-10-8-18(27)9-11-19/h4-15,25H,3H2,1-2H3,(H,28,29)/t25-/m1/s1. The summed E-state index contributed by atoms with van der Waals surface area (Å²) in [7, 11) is 1.64. The molecule has 7 heteroatoms. The largest absolute Gasteiger partial charge is 0.497 e. The Hall–Kier alpha value is -3.58. The normalized spacial score (nSPS) is 14.9. The van der Waals surface area contributed by atoms with Gasteiger partial charge >= 0.3 is 0 Å². The number of amides is 1. The van der Waals surface area contributed by atoms with Gasteiger partial charge in [-0.3, -0.25) is 14.8 Å². The third-order valence-corrected chi connectivity index (χ3v) is 6.27. The Balaban J connectivity index is 1.65. The maximum Gasteiger partial charge on any atom is 0.277 e. The number of rotatable bonds is 6. The minimum absolute atomic E-state index is 0.113. The van der Waals surface area contributed by atoms with Crippen LogP contribution in [0.25, 0.3) is 11.3 Å². The molecule has 0 bridgehead atoms. The molecule has 4 aromatic rings. The number of carbonyl (C=O) groups excluding carboxylic acids is 1. The van der Waals surface area contributed by atoms with Gasteiger partial charge in [-0.15, -0.1) is 0 Å². The predicted molar refractivity (Wildman–Crippen MR) is 131 cm³/mol. The molecule has 166 valence electrons. The van der Waals surface area contributed by atoms with Crippen molar-refractivity contribution in [2.24, 2.45) is 0 Å². The Morgan fingerprint density at radius 1 is 0.970 bits per heavy atom. The van der Waals surface area contributed by atoms with Crippen molar-refractivity contribution in [2.45, 2.75) is 13.0 Å². The van der Waals surface area contributed by atoms with E-state index >= 15 is 0 Å². The van der Waals surface area contributed by atoms with Gasteiger partial charge in [0.05, 0.1) is 25.5 Å². The van der Waals surface area contributed by atoms with E-state index < -0.39 is 0 Å². The van der Waals surface area contributed by atoms with E-state index in [4.69, 9.17) is 9.47 Å². The first-order chi connectivity index (χ1) is 16.1. The van der Waals surface area contributed by atoms with Gasteiger partial charge in [0.15, 0.2) is 0 Å². The highest BCUT2D eigenvalue weighted by Crippen LogP contribution is 2.45. The van der Waals surface area contributed by atoms with E-state index in [0.717, 1.165) is 44.0 Å². The van der Waals surface area contributed by atoms with Crippen molar-refractivity contribution in [2.75, 3.05) is 18.6 Å². The molecule has 0 unspecified atom stereocenters. The zero-order valence-electron chi connectivity index (χ0n) is 18.2. The first kappa shape index (κ1) is 21.3. The fourth-order valence-electron chi connectivity index (χ4n) is 4.21. The molecule has 1 amide bonds. The van der Waals surface area contributed by atoms with Gasteiger partial charge < -0.3 is 9.47 Å². The smallest absolute Gasteiger partial charge is 0.277 e. The number of aromatic amines is 1. The third-order valence-electron chi connectivity index (χ3n) is 5.74. The molecule has 1 atom stereocenters. The minimum atomic E-state index is -0.333. The number of fused-ring (bicyclic) bond motifs is 1. The molecule has 33 heavy (non-hydrogen) atoms. The molecule has 1 aromatic heterocycles. The SMILES string of the molecule is CCOc1ccc([C@@H]2c3c(-c4ccc(OC)cc4)n[nH]c3C(=O)N2c2ccc(Br)cc2)cc1. The number of benzene rings is 3. The van der Waals surface area contributed by atoms with Gasteiger partial charge in [-0.25, -0.2) is 0 Å². The van der Waals surface area contributed by atoms with E-state index in [9.17, 15) is 4.79 Å². The van der Waals surface area contributed by atoms with Crippen LogP contribution in [0, 0.1) is 0 Å². The molecule has 1 aliphatic rings. The predicted octanol–water partition coefficient (Wildman–Crippen LogP) is 6.00. The molecule has 0 saturated heterocycles. The van der Waals surface area contributed by atoms with Gasteiger partial charge in [0.25, 0.3) is 5.91 Å². The summed E-state index contributed by atoms with van der Waals surface area (Å²) in [4.78, 5) is 15.4. The summed E-state index contributed by atoms with van der Waals surface area (Å²) in [5.41, 5.74) is 4.81. The molecule has 2 heterocycles. The van der Waals surface area contributed by atoms with Crippen LogP contribution in [-0.2, 0) is 0 Å². The lowest BCUT2D eigenvalue weighted by molar-refractivity contribution is 0.0989. The van der Waals surface area contributed by atoms with Gasteiger partial charge in [-0.1, -0.05) is 28.1 Å². The van der Waals surface area contributed by atoms with Crippen LogP contribution in [0.4, 0.5) is 5.69 Å². The number of halogens is 1. The number of anilines is 1. The average molecular weight is 504 g/mol. The molecule has 5 rings (SSSR count). The summed E-state index contributed by atoms with van der Waals surface area (Å²) < 4.78 is 11.9. The van der Waals surface area contributed by atoms with E-state index in [1.54, 1.807) is 7.11 Å². The molecule has 0 aliphatic carbocycles. The number of aromatic nitrogens is 2. The van der Waals surface area contributed by atoms with Gasteiger partial charge in [0.1, 0.15) is 17.2 Å². The van der Waals surface area contributed by atoms with Crippen LogP contribution in [0.15, 0.2) is 77.3 Å². The van der Waals surface area contributed by atoms with Crippen LogP contribution in [0.5, 0.6) is 11.5 Å². The Kier molecular flexibility index (Phi) is 5.64. The number of hydrogen-bond acceptors (Lipinski definition) is 4. The van der Waals surface area contributed by atoms with Crippen molar-refractivity contribution in [3.05, 3.63) is 94.1 Å². The van der Waals surface area contributed by atoms with E-state index in [1.807, 2.05) is 84.6 Å². The summed E-state index contributed by atoms with van der Waals surface area (Å²) in [6, 6.07) is 23.0. The fraction of sp³-hybridized carbons (Fsp3) is 0.154. The number of nitrogens with zero attached hydrogens (tertiary/aromatic N) is 2. The van der Waals surface area contributed by atoms with Crippen LogP contribution in [0.2, 0.25) is 0 Å². The van der Waals surface area contributed by atoms with Crippen LogP contribution in [-0.4, -0.2) is 29.8 Å². The number of methoxy groups -OCH3 is 1. The summed E-state index contributed by atoms with van der Waals surface area (Å²) in [6.07, 6.45) is 0. The van der Waals surface area contributed by atoms with Crippen LogP contribution < -0.4 is 14.4 Å². The molecular formula is C26H22BrN3O3. The minimum Gasteiger partial charge on any atom is -0.497 e. The lowest BCUT2D eigenvalue weighted by Crippen LogP contribution is -2.29. The monoisotopic (exact) mass is 503 g/mol. The summed E-state index contributed by atoms with van der Waals surface area (Å²) >= 11 is 3.48. The molecule has 0 radical (unpaired) electrons. The number of nitrogens with one attached hydrogen (secondary N) is 1. The second-order valence-electron chi connectivity index (χ2n) is 7.65. The summed E-state index contributed by atoms with van der Waals surface area (Å²) in [5, 5.41) is 7.53. The second kappa shape index (κ2) is 8.75. The molecule has 1 N–H and O–H groups in total. The van der Waals surface area contributed by atoms with Gasteiger partial charge in [0.2, 0.25) is 0 Å². The number of ether oxygens (including phenoxy) is 2. The van der Waals surface area contributed by atoms with E-state index in [-0.39, 0.29) is 11.9 Å². The van der Waals surface area contributed by atoms with E-state index in [0.29, 0.717) is 12.3 Å². The second-order valence-corrected chi connectivity index (χ2v) is 8.56. The topological polar surface area (TPSA) is 67.5 Å². The zero-order chi connectivity index (χ0) is 22.9. The van der Waals surface area contributed by atoms with E-state index in [1.165, 1.54) is 0 Å². The van der Waals surface area contributed by atoms with Crippen molar-refractivity contribution in [3.8, 4) is 22.8 Å². The van der Waals surface area contributed by atoms with Crippen molar-refractivity contribution < 1.29 is 14.3 Å². The first-order valence-electron chi connectivity index (χ1n) is 10.6. The maximum atomic E-state index is 13.6. The Morgan fingerprint density at radius 3 is 2.27 bits per heavy atom. The number of H-pyrrole nitrogens is 1. The molecule has 6 nitrogen and oxygen atoms in total. The van der Waals surface area contributed by atoms with Crippen molar-refractivity contribution >= 4 is 27.5 Å². The number of carbonyl (C=O) groups is 1. The third kappa shape index (κ3) is 3.78. The lowest BCUT2D eigenvalue weighted by Gasteiger charge is -2.26. The van der Waals surface area contributed by atoms with Crippen LogP contribution in [0.3, 0.4) is 0 Å². The van der Waals surface area contributed by atoms with Gasteiger partial charge in [-0.2, -0.15) is 5.10 Å². The average Bonchev–Trinajstić information content (AvgIpc) is 3.40. The lowest BCUT2D eigenvalue weighted by atomic mass is 9.95. The molecule has 3 aromatic carbocycles. The summed E-state index contributed by atoms with van der Waals surface area (Å²) in [6.45, 7) is 2.55. The highest BCUT2D eigenvalue weighted by Gasteiger charge is 2.43. The highest BCUT2D eigenvalue weighted by atomic mass is 79.9. The Morgan fingerprint density at radius 2 is 1.64 bits per heavy atom. The highest BCUT2D eigenvalue weighted by molar-refractivity contribution is 9.10. The van der Waals surface area contributed by atoms with Crippen molar-refractivity contribution in [1.29, 1.82) is 0 Å². The van der Waals surface area contributed by atoms with Crippen LogP contribution in [0.1, 0.15) is 34.6 Å². The van der Waals surface area contributed by atoms with Crippen molar-refractivity contribution in [1.82, 2.24) is 10.2 Å². The maximum absolute atomic E-state index is 13.6. The first-order valence-corrected chi connectivity index (χ1v) is 11.4. The van der Waals surface area contributed by atoms with E-state index in [2.05, 4.69) is 26.1 Å². The molecular weight excluding hydrogens is 482 g/mol. The zero-order valence-corrected chi connectivity index (χ0v) is 19.8.